The molecule has 0 bridgehead atoms. The monoisotopic (exact) mass is 340 g/mol. The zero-order valence-corrected chi connectivity index (χ0v) is 14.3. The molecule has 0 aromatic heterocycles. The molecule has 4 aliphatic carbocycles. The number of aliphatic hydroxyl groups is 1. The van der Waals surface area contributed by atoms with Crippen molar-refractivity contribution in [1.82, 2.24) is 0 Å². The van der Waals surface area contributed by atoms with E-state index in [-0.39, 0.29) is 17.3 Å². The van der Waals surface area contributed by atoms with Crippen molar-refractivity contribution in [2.24, 2.45) is 23.2 Å². The van der Waals surface area contributed by atoms with Crippen molar-refractivity contribution in [3.05, 3.63) is 22.8 Å². The van der Waals surface area contributed by atoms with E-state index >= 15 is 0 Å². The summed E-state index contributed by atoms with van der Waals surface area (Å²) in [6, 6.07) is 0. The van der Waals surface area contributed by atoms with Crippen LogP contribution in [0.5, 0.6) is 0 Å². The zero-order chi connectivity index (χ0) is 15.7. The molecule has 0 amide bonds. The molecule has 4 aliphatic rings. The summed E-state index contributed by atoms with van der Waals surface area (Å²) in [5.74, 6) is 1.30. The molecule has 0 spiro atoms. The third-order valence-electron chi connectivity index (χ3n) is 7.08. The fraction of sp³-hybridized carbons (Fsp3) is 0.722. The maximum atomic E-state index is 11.9. The number of aliphatic hydroxyl groups excluding tert-OH is 1. The second-order valence-corrected chi connectivity index (χ2v) is 8.81. The van der Waals surface area contributed by atoms with Gasteiger partial charge in [0.05, 0.1) is 16.0 Å². The van der Waals surface area contributed by atoms with E-state index in [0.29, 0.717) is 22.8 Å². The van der Waals surface area contributed by atoms with Gasteiger partial charge in [0, 0.05) is 0 Å². The normalized spacial score (nSPS) is 50.6. The SMILES string of the molecule is C[C@]12CC[C@H]3[C@@H](CCC4=C(Cl)C(=O)C=C[C@@]43Cl)[C@@H]1CC[C@@H]2O. The number of fused-ring (bicyclic) bond motifs is 5. The summed E-state index contributed by atoms with van der Waals surface area (Å²) >= 11 is 13.3. The van der Waals surface area contributed by atoms with Crippen LogP contribution in [0.2, 0.25) is 0 Å². The van der Waals surface area contributed by atoms with Crippen LogP contribution < -0.4 is 0 Å². The third-order valence-corrected chi connectivity index (χ3v) is 8.12. The van der Waals surface area contributed by atoms with Crippen LogP contribution in [0.1, 0.15) is 45.4 Å². The second kappa shape index (κ2) is 4.84. The number of allylic oxidation sites excluding steroid dienone is 4. The molecular formula is C18H22Cl2O2. The van der Waals surface area contributed by atoms with Crippen LogP contribution in [0.25, 0.3) is 0 Å². The van der Waals surface area contributed by atoms with Gasteiger partial charge in [0.25, 0.3) is 0 Å². The van der Waals surface area contributed by atoms with Crippen molar-refractivity contribution in [1.29, 1.82) is 0 Å². The Bertz CT molecular complexity index is 596. The Kier molecular flexibility index (Phi) is 3.35. The topological polar surface area (TPSA) is 37.3 Å². The number of alkyl halides is 1. The largest absolute Gasteiger partial charge is 0.393 e. The standard InChI is InChI=1S/C18H22Cl2O2/c1-17-8-6-12-10(11(17)4-5-15(17)22)2-3-13-16(19)14(21)7-9-18(12,13)20/h7,9-12,15,22H,2-6,8H2,1H3/t10-,11-,12-,15-,17-,18-/m0/s1. The van der Waals surface area contributed by atoms with Gasteiger partial charge in [0.1, 0.15) is 0 Å². The molecular weight excluding hydrogens is 319 g/mol. The van der Waals surface area contributed by atoms with Crippen molar-refractivity contribution < 1.29 is 9.90 Å². The second-order valence-electron chi connectivity index (χ2n) is 7.81. The van der Waals surface area contributed by atoms with E-state index in [1.165, 1.54) is 0 Å². The smallest absolute Gasteiger partial charge is 0.196 e. The number of rotatable bonds is 0. The van der Waals surface area contributed by atoms with Gasteiger partial charge in [0.2, 0.25) is 0 Å². The molecule has 0 aromatic carbocycles. The Balaban J connectivity index is 1.73. The van der Waals surface area contributed by atoms with Gasteiger partial charge in [0.15, 0.2) is 5.78 Å². The van der Waals surface area contributed by atoms with Gasteiger partial charge in [-0.25, -0.2) is 0 Å². The van der Waals surface area contributed by atoms with Gasteiger partial charge in [-0.3, -0.25) is 4.79 Å². The number of ketones is 1. The van der Waals surface area contributed by atoms with Gasteiger partial charge >= 0.3 is 0 Å². The molecule has 4 rings (SSSR count). The van der Waals surface area contributed by atoms with E-state index in [0.717, 1.165) is 44.1 Å². The molecule has 120 valence electrons. The lowest BCUT2D eigenvalue weighted by atomic mass is 9.52. The lowest BCUT2D eigenvalue weighted by Crippen LogP contribution is -2.52. The number of halogens is 2. The molecule has 0 aromatic rings. The van der Waals surface area contributed by atoms with Crippen LogP contribution >= 0.6 is 23.2 Å². The molecule has 0 unspecified atom stereocenters. The molecule has 1 N–H and O–H groups in total. The van der Waals surface area contributed by atoms with Crippen molar-refractivity contribution in [2.75, 3.05) is 0 Å². The van der Waals surface area contributed by atoms with E-state index in [1.807, 2.05) is 6.08 Å². The van der Waals surface area contributed by atoms with Crippen molar-refractivity contribution >= 4 is 29.0 Å². The summed E-state index contributed by atoms with van der Waals surface area (Å²) in [5, 5.41) is 10.8. The van der Waals surface area contributed by atoms with Crippen LogP contribution in [0.4, 0.5) is 0 Å². The summed E-state index contributed by atoms with van der Waals surface area (Å²) in [5.41, 5.74) is 0.986. The quantitative estimate of drug-likeness (QED) is 0.671. The highest BCUT2D eigenvalue weighted by atomic mass is 35.5. The number of hydrogen-bond acceptors (Lipinski definition) is 2. The Morgan fingerprint density at radius 2 is 2.00 bits per heavy atom. The lowest BCUT2D eigenvalue weighted by Gasteiger charge is -2.55. The minimum Gasteiger partial charge on any atom is -0.393 e. The summed E-state index contributed by atoms with van der Waals surface area (Å²) in [6.45, 7) is 2.25. The van der Waals surface area contributed by atoms with Gasteiger partial charge < -0.3 is 5.11 Å². The number of hydrogen-bond donors (Lipinski definition) is 1. The summed E-state index contributed by atoms with van der Waals surface area (Å²) in [6.07, 6.45) is 9.15. The zero-order valence-electron chi connectivity index (χ0n) is 12.8. The maximum absolute atomic E-state index is 11.9. The Morgan fingerprint density at radius 3 is 2.77 bits per heavy atom. The molecule has 0 aliphatic heterocycles. The first kappa shape index (κ1) is 15.2. The van der Waals surface area contributed by atoms with Crippen LogP contribution in [0, 0.1) is 23.2 Å². The molecule has 3 saturated carbocycles. The fourth-order valence-corrected chi connectivity index (χ4v) is 6.72. The van der Waals surface area contributed by atoms with Crippen LogP contribution in [-0.4, -0.2) is 21.9 Å². The minimum atomic E-state index is -0.581. The van der Waals surface area contributed by atoms with Gasteiger partial charge in [-0.05, 0) is 73.3 Å². The van der Waals surface area contributed by atoms with Crippen molar-refractivity contribution in [3.63, 3.8) is 0 Å². The molecule has 0 saturated heterocycles. The third kappa shape index (κ3) is 1.81. The van der Waals surface area contributed by atoms with E-state index < -0.39 is 4.87 Å². The molecule has 2 nitrogen and oxygen atoms in total. The van der Waals surface area contributed by atoms with Crippen LogP contribution in [-0.2, 0) is 4.79 Å². The predicted molar refractivity (Wildman–Crippen MR) is 87.9 cm³/mol. The minimum absolute atomic E-state index is 0.0492. The van der Waals surface area contributed by atoms with E-state index in [1.54, 1.807) is 6.08 Å². The number of carbonyl (C=O) groups excluding carboxylic acids is 1. The molecule has 3 fully saturated rings. The maximum Gasteiger partial charge on any atom is 0.196 e. The molecule has 22 heavy (non-hydrogen) atoms. The Hall–Kier alpha value is -0.310. The highest BCUT2D eigenvalue weighted by molar-refractivity contribution is 6.46. The highest BCUT2D eigenvalue weighted by Crippen LogP contribution is 2.64. The summed E-state index contributed by atoms with van der Waals surface area (Å²) in [7, 11) is 0. The Morgan fingerprint density at radius 1 is 1.23 bits per heavy atom. The molecule has 4 heteroatoms. The van der Waals surface area contributed by atoms with Gasteiger partial charge in [-0.1, -0.05) is 24.6 Å². The van der Waals surface area contributed by atoms with Crippen LogP contribution in [0.3, 0.4) is 0 Å². The molecule has 0 heterocycles. The van der Waals surface area contributed by atoms with Gasteiger partial charge in [-0.15, -0.1) is 11.6 Å². The Labute approximate surface area is 141 Å². The van der Waals surface area contributed by atoms with E-state index in [9.17, 15) is 9.90 Å². The lowest BCUT2D eigenvalue weighted by molar-refractivity contribution is -0.111. The van der Waals surface area contributed by atoms with E-state index in [2.05, 4.69) is 6.92 Å². The first-order valence-corrected chi connectivity index (χ1v) is 9.13. The average Bonchev–Trinajstić information content (AvgIpc) is 2.79. The average molecular weight is 341 g/mol. The van der Waals surface area contributed by atoms with Gasteiger partial charge in [-0.2, -0.15) is 0 Å². The summed E-state index contributed by atoms with van der Waals surface area (Å²) < 4.78 is 0. The summed E-state index contributed by atoms with van der Waals surface area (Å²) in [4.78, 5) is 11.3. The number of carbonyl (C=O) groups is 1. The molecule has 0 radical (unpaired) electrons. The van der Waals surface area contributed by atoms with Crippen LogP contribution in [0.15, 0.2) is 22.8 Å². The first-order valence-electron chi connectivity index (χ1n) is 8.37. The first-order chi connectivity index (χ1) is 10.4. The van der Waals surface area contributed by atoms with Crippen molar-refractivity contribution in [3.8, 4) is 0 Å². The predicted octanol–water partition coefficient (Wildman–Crippen LogP) is 4.19. The highest BCUT2D eigenvalue weighted by Gasteiger charge is 2.59. The fourth-order valence-electron chi connectivity index (χ4n) is 5.83. The molecule has 6 atom stereocenters. The van der Waals surface area contributed by atoms with Crippen molar-refractivity contribution in [2.45, 2.75) is 56.4 Å². The van der Waals surface area contributed by atoms with E-state index in [4.69, 9.17) is 23.2 Å².